The van der Waals surface area contributed by atoms with Crippen LogP contribution in [0, 0.1) is 12.7 Å². The van der Waals surface area contributed by atoms with Gasteiger partial charge in [0.25, 0.3) is 0 Å². The Balaban J connectivity index is 2.26. The van der Waals surface area contributed by atoms with Gasteiger partial charge in [0.05, 0.1) is 0 Å². The van der Waals surface area contributed by atoms with Gasteiger partial charge in [-0.1, -0.05) is 18.2 Å². The van der Waals surface area contributed by atoms with Crippen molar-refractivity contribution >= 4 is 0 Å². The van der Waals surface area contributed by atoms with Crippen LogP contribution in [0.15, 0.2) is 42.5 Å². The van der Waals surface area contributed by atoms with E-state index in [9.17, 15) is 4.39 Å². The summed E-state index contributed by atoms with van der Waals surface area (Å²) in [7, 11) is 1.90. The molecule has 2 rings (SSSR count). The lowest BCUT2D eigenvalue weighted by atomic mass is 10.1. The Morgan fingerprint density at radius 1 is 1.16 bits per heavy atom. The maximum Gasteiger partial charge on any atom is 0.165 e. The third kappa shape index (κ3) is 3.32. The number of aryl methyl sites for hydroxylation is 1. The van der Waals surface area contributed by atoms with Gasteiger partial charge in [0.15, 0.2) is 11.6 Å². The van der Waals surface area contributed by atoms with Crippen LogP contribution in [0.25, 0.3) is 0 Å². The molecule has 0 radical (unpaired) electrons. The lowest BCUT2D eigenvalue weighted by molar-refractivity contribution is 0.440. The number of nitrogens with one attached hydrogen (secondary N) is 1. The van der Waals surface area contributed by atoms with Crippen LogP contribution < -0.4 is 10.1 Å². The van der Waals surface area contributed by atoms with E-state index in [2.05, 4.69) is 12.2 Å². The van der Waals surface area contributed by atoms with Crippen molar-refractivity contribution in [2.75, 3.05) is 7.05 Å². The van der Waals surface area contributed by atoms with Gasteiger partial charge >= 0.3 is 0 Å². The first-order valence-electron chi connectivity index (χ1n) is 6.31. The molecule has 0 spiro atoms. The van der Waals surface area contributed by atoms with Crippen molar-refractivity contribution in [3.05, 3.63) is 59.4 Å². The Bertz CT molecular complexity index is 568. The minimum Gasteiger partial charge on any atom is -0.454 e. The smallest absolute Gasteiger partial charge is 0.165 e. The molecule has 1 N–H and O–H groups in total. The van der Waals surface area contributed by atoms with Crippen molar-refractivity contribution in [1.82, 2.24) is 5.32 Å². The number of benzene rings is 2. The number of rotatable bonds is 4. The first kappa shape index (κ1) is 13.6. The van der Waals surface area contributed by atoms with Gasteiger partial charge in [-0.05, 0) is 56.3 Å². The van der Waals surface area contributed by atoms with E-state index < -0.39 is 0 Å². The van der Waals surface area contributed by atoms with Crippen molar-refractivity contribution in [3.63, 3.8) is 0 Å². The molecule has 0 aliphatic heterocycles. The minimum atomic E-state index is -0.349. The number of halogens is 1. The van der Waals surface area contributed by atoms with Gasteiger partial charge in [0, 0.05) is 6.04 Å². The molecule has 0 heterocycles. The third-order valence-corrected chi connectivity index (χ3v) is 3.11. The Morgan fingerprint density at radius 2 is 1.95 bits per heavy atom. The fourth-order valence-electron chi connectivity index (χ4n) is 1.83. The summed E-state index contributed by atoms with van der Waals surface area (Å²) in [6.07, 6.45) is 0. The predicted molar refractivity (Wildman–Crippen MR) is 75.1 cm³/mol. The molecule has 0 aliphatic carbocycles. The summed E-state index contributed by atoms with van der Waals surface area (Å²) in [6.45, 7) is 3.97. The van der Waals surface area contributed by atoms with Crippen LogP contribution >= 0.6 is 0 Å². The van der Waals surface area contributed by atoms with Gasteiger partial charge in [0.2, 0.25) is 0 Å². The molecule has 0 amide bonds. The lowest BCUT2D eigenvalue weighted by Gasteiger charge is -2.13. The van der Waals surface area contributed by atoms with Crippen LogP contribution in [0.2, 0.25) is 0 Å². The average molecular weight is 259 g/mol. The molecule has 0 saturated carbocycles. The maximum atomic E-state index is 13.6. The van der Waals surface area contributed by atoms with E-state index in [1.54, 1.807) is 12.1 Å². The summed E-state index contributed by atoms with van der Waals surface area (Å²) in [5, 5.41) is 3.16. The van der Waals surface area contributed by atoms with E-state index in [1.807, 2.05) is 38.2 Å². The molecule has 0 saturated heterocycles. The second-order valence-electron chi connectivity index (χ2n) is 4.62. The molecule has 0 fully saturated rings. The summed E-state index contributed by atoms with van der Waals surface area (Å²) in [5.41, 5.74) is 2.07. The summed E-state index contributed by atoms with van der Waals surface area (Å²) < 4.78 is 19.3. The molecule has 1 unspecified atom stereocenters. The van der Waals surface area contributed by atoms with Crippen molar-refractivity contribution in [3.8, 4) is 11.5 Å². The van der Waals surface area contributed by atoms with E-state index in [1.165, 1.54) is 6.07 Å². The molecule has 2 aromatic carbocycles. The zero-order chi connectivity index (χ0) is 13.8. The topological polar surface area (TPSA) is 21.3 Å². The van der Waals surface area contributed by atoms with Gasteiger partial charge < -0.3 is 10.1 Å². The minimum absolute atomic E-state index is 0.228. The first-order chi connectivity index (χ1) is 9.10. The Hall–Kier alpha value is -1.87. The third-order valence-electron chi connectivity index (χ3n) is 3.11. The Kier molecular flexibility index (Phi) is 4.17. The van der Waals surface area contributed by atoms with E-state index >= 15 is 0 Å². The van der Waals surface area contributed by atoms with E-state index in [-0.39, 0.29) is 17.6 Å². The zero-order valence-corrected chi connectivity index (χ0v) is 11.4. The molecule has 0 aromatic heterocycles. The van der Waals surface area contributed by atoms with Gasteiger partial charge in [-0.25, -0.2) is 4.39 Å². The Morgan fingerprint density at radius 3 is 2.68 bits per heavy atom. The molecule has 0 bridgehead atoms. The largest absolute Gasteiger partial charge is 0.454 e. The van der Waals surface area contributed by atoms with Crippen LogP contribution in [0.4, 0.5) is 4.39 Å². The quantitative estimate of drug-likeness (QED) is 0.888. The van der Waals surface area contributed by atoms with Crippen LogP contribution in [-0.2, 0) is 0 Å². The second kappa shape index (κ2) is 5.85. The monoisotopic (exact) mass is 259 g/mol. The molecule has 100 valence electrons. The molecular formula is C16H18FNO. The highest BCUT2D eigenvalue weighted by Gasteiger charge is 2.07. The second-order valence-corrected chi connectivity index (χ2v) is 4.62. The lowest BCUT2D eigenvalue weighted by Crippen LogP contribution is -2.12. The molecule has 3 heteroatoms. The van der Waals surface area contributed by atoms with Gasteiger partial charge in [-0.15, -0.1) is 0 Å². The summed E-state index contributed by atoms with van der Waals surface area (Å²) >= 11 is 0. The predicted octanol–water partition coefficient (Wildman–Crippen LogP) is 4.21. The molecule has 0 aliphatic rings. The van der Waals surface area contributed by atoms with Gasteiger partial charge in [0.1, 0.15) is 5.75 Å². The van der Waals surface area contributed by atoms with E-state index in [0.717, 1.165) is 11.1 Å². The standard InChI is InChI=1S/C16H18FNO/c1-11-7-8-15(17)16(9-11)19-14-6-4-5-13(10-14)12(2)18-3/h4-10,12,18H,1-3H3. The molecule has 2 aromatic rings. The van der Waals surface area contributed by atoms with Crippen molar-refractivity contribution < 1.29 is 9.13 Å². The number of hydrogen-bond donors (Lipinski definition) is 1. The van der Waals surface area contributed by atoms with Gasteiger partial charge in [-0.2, -0.15) is 0 Å². The van der Waals surface area contributed by atoms with Crippen LogP contribution in [-0.4, -0.2) is 7.05 Å². The molecule has 19 heavy (non-hydrogen) atoms. The summed E-state index contributed by atoms with van der Waals surface area (Å²) in [5.74, 6) is 0.552. The SMILES string of the molecule is CNC(C)c1cccc(Oc2cc(C)ccc2F)c1. The van der Waals surface area contributed by atoms with Crippen LogP contribution in [0.1, 0.15) is 24.1 Å². The summed E-state index contributed by atoms with van der Waals surface area (Å²) in [4.78, 5) is 0. The van der Waals surface area contributed by atoms with E-state index in [0.29, 0.717) is 5.75 Å². The zero-order valence-electron chi connectivity index (χ0n) is 11.4. The number of hydrogen-bond acceptors (Lipinski definition) is 2. The first-order valence-corrected chi connectivity index (χ1v) is 6.31. The molecular weight excluding hydrogens is 241 g/mol. The van der Waals surface area contributed by atoms with Crippen molar-refractivity contribution in [1.29, 1.82) is 0 Å². The number of ether oxygens (including phenoxy) is 1. The van der Waals surface area contributed by atoms with Gasteiger partial charge in [-0.3, -0.25) is 0 Å². The Labute approximate surface area is 113 Å². The fraction of sp³-hybridized carbons (Fsp3) is 0.250. The fourth-order valence-corrected chi connectivity index (χ4v) is 1.83. The maximum absolute atomic E-state index is 13.6. The molecule has 1 atom stereocenters. The highest BCUT2D eigenvalue weighted by molar-refractivity contribution is 5.37. The molecule has 2 nitrogen and oxygen atoms in total. The van der Waals surface area contributed by atoms with Crippen molar-refractivity contribution in [2.24, 2.45) is 0 Å². The van der Waals surface area contributed by atoms with Crippen molar-refractivity contribution in [2.45, 2.75) is 19.9 Å². The van der Waals surface area contributed by atoms with Crippen LogP contribution in [0.5, 0.6) is 11.5 Å². The highest BCUT2D eigenvalue weighted by Crippen LogP contribution is 2.27. The average Bonchev–Trinajstić information content (AvgIpc) is 2.42. The highest BCUT2D eigenvalue weighted by atomic mass is 19.1. The van der Waals surface area contributed by atoms with E-state index in [4.69, 9.17) is 4.74 Å². The van der Waals surface area contributed by atoms with Crippen LogP contribution in [0.3, 0.4) is 0 Å². The normalized spacial score (nSPS) is 12.2. The summed E-state index contributed by atoms with van der Waals surface area (Å²) in [6, 6.07) is 12.7.